The number of nitrogens with two attached hydrogens (primary N) is 1. The van der Waals surface area contributed by atoms with Gasteiger partial charge in [-0.25, -0.2) is 9.28 Å². The molecular weight excluding hydrogens is 559 g/mol. The van der Waals surface area contributed by atoms with Gasteiger partial charge in [0.15, 0.2) is 0 Å². The number of carbonyl (C=O) groups excluding carboxylic acids is 2. The lowest BCUT2D eigenvalue weighted by Gasteiger charge is -2.30. The molecule has 8 N–H and O–H groups in total. The second-order valence-electron chi connectivity index (χ2n) is 8.41. The van der Waals surface area contributed by atoms with Crippen molar-refractivity contribution in [2.75, 3.05) is 31.4 Å². The minimum Gasteiger partial charge on any atom is -0.368 e. The van der Waals surface area contributed by atoms with E-state index in [0.29, 0.717) is 19.5 Å². The van der Waals surface area contributed by atoms with Crippen LogP contribution in [0.3, 0.4) is 0 Å². The van der Waals surface area contributed by atoms with Crippen molar-refractivity contribution in [3.05, 3.63) is 29.8 Å². The third-order valence-electron chi connectivity index (χ3n) is 5.83. The Kier molecular flexibility index (Phi) is 13.2. The smallest absolute Gasteiger partial charge is 0.368 e. The van der Waals surface area contributed by atoms with E-state index in [1.807, 2.05) is 0 Å². The van der Waals surface area contributed by atoms with E-state index < -0.39 is 38.6 Å². The summed E-state index contributed by atoms with van der Waals surface area (Å²) in [6.45, 7) is 0.944. The number of carbonyl (C=O) groups is 2. The van der Waals surface area contributed by atoms with Crippen LogP contribution in [0.5, 0.6) is 0 Å². The van der Waals surface area contributed by atoms with Gasteiger partial charge in [-0.05, 0) is 43.4 Å². The molecule has 0 aromatic heterocycles. The molecular formula is C20H34Cl2N3O9P2+. The fourth-order valence-electron chi connectivity index (χ4n) is 3.58. The number of hydrogen-bond acceptors (Lipinski definition) is 6. The molecule has 206 valence electrons. The van der Waals surface area contributed by atoms with Crippen molar-refractivity contribution in [2.24, 2.45) is 5.73 Å². The van der Waals surface area contributed by atoms with E-state index in [1.54, 1.807) is 24.3 Å². The second kappa shape index (κ2) is 14.3. The molecule has 0 saturated carbocycles. The Balaban J connectivity index is 2.55. The molecule has 0 radical (unpaired) electrons. The van der Waals surface area contributed by atoms with Crippen molar-refractivity contribution in [2.45, 2.75) is 43.2 Å². The van der Waals surface area contributed by atoms with Crippen molar-refractivity contribution in [3.63, 3.8) is 0 Å². The average molecular weight is 593 g/mol. The summed E-state index contributed by atoms with van der Waals surface area (Å²) in [7, 11) is -10.9. The number of rotatable bonds is 17. The highest BCUT2D eigenvalue weighted by molar-refractivity contribution is 7.72. The van der Waals surface area contributed by atoms with E-state index in [1.165, 1.54) is 0 Å². The van der Waals surface area contributed by atoms with E-state index in [0.717, 1.165) is 17.7 Å². The van der Waals surface area contributed by atoms with Gasteiger partial charge in [-0.15, -0.1) is 23.2 Å². The Labute approximate surface area is 219 Å². The molecule has 36 heavy (non-hydrogen) atoms. The summed E-state index contributed by atoms with van der Waals surface area (Å²) >= 11 is 11.7. The summed E-state index contributed by atoms with van der Waals surface area (Å²) in [6.07, 6.45) is 0.715. The third kappa shape index (κ3) is 8.85. The van der Waals surface area contributed by atoms with Crippen molar-refractivity contribution in [3.8, 4) is 0 Å². The Morgan fingerprint density at radius 2 is 1.56 bits per heavy atom. The molecule has 12 nitrogen and oxygen atoms in total. The zero-order valence-corrected chi connectivity index (χ0v) is 22.9. The number of amides is 2. The summed E-state index contributed by atoms with van der Waals surface area (Å²) in [5, 5.41) is 9.02. The van der Waals surface area contributed by atoms with Crippen LogP contribution in [-0.4, -0.2) is 79.5 Å². The number of quaternary nitrogens is 1. The fraction of sp³-hybridized carbons (Fsp3) is 0.600. The van der Waals surface area contributed by atoms with Crippen LogP contribution in [0.15, 0.2) is 24.3 Å². The summed E-state index contributed by atoms with van der Waals surface area (Å²) in [6, 6.07) is 6.21. The van der Waals surface area contributed by atoms with Crippen molar-refractivity contribution in [1.82, 2.24) is 9.80 Å². The topological polar surface area (TPSA) is 207 Å². The Morgan fingerprint density at radius 3 is 2.00 bits per heavy atom. The van der Waals surface area contributed by atoms with E-state index in [4.69, 9.17) is 48.5 Å². The monoisotopic (exact) mass is 592 g/mol. The molecule has 0 aliphatic carbocycles. The number of halogens is 2. The van der Waals surface area contributed by atoms with Gasteiger partial charge in [0.05, 0.1) is 17.8 Å². The first kappa shape index (κ1) is 33.1. The van der Waals surface area contributed by atoms with Gasteiger partial charge in [0, 0.05) is 6.54 Å². The second-order valence-corrected chi connectivity index (χ2v) is 13.2. The van der Waals surface area contributed by atoms with Gasteiger partial charge < -0.3 is 35.7 Å². The van der Waals surface area contributed by atoms with Crippen LogP contribution in [0.4, 0.5) is 5.69 Å². The maximum atomic E-state index is 12.3. The van der Waals surface area contributed by atoms with Gasteiger partial charge in [-0.1, -0.05) is 18.6 Å². The molecule has 1 rings (SSSR count). The van der Waals surface area contributed by atoms with Crippen LogP contribution in [0.1, 0.15) is 31.2 Å². The van der Waals surface area contributed by atoms with Crippen molar-refractivity contribution < 1.29 is 43.4 Å². The normalized spacial score (nSPS) is 13.9. The van der Waals surface area contributed by atoms with Gasteiger partial charge in [-0.3, -0.25) is 13.9 Å². The number of unbranched alkanes of at least 4 members (excludes halogenated alkanes) is 2. The van der Waals surface area contributed by atoms with E-state index in [9.17, 15) is 23.8 Å². The molecule has 0 unspecified atom stereocenters. The summed E-state index contributed by atoms with van der Waals surface area (Å²) < 4.78 is 22.6. The first-order chi connectivity index (χ1) is 16.7. The molecule has 1 atom stereocenters. The molecule has 0 spiro atoms. The summed E-state index contributed by atoms with van der Waals surface area (Å²) in [5.74, 6) is 0.121. The third-order valence-corrected chi connectivity index (χ3v) is 10.0. The first-order valence-electron chi connectivity index (χ1n) is 11.1. The Bertz CT molecular complexity index is 928. The maximum Gasteiger partial charge on any atom is 0.369 e. The molecule has 0 fully saturated rings. The first-order valence-corrected chi connectivity index (χ1v) is 15.4. The molecule has 2 amide bonds. The predicted octanol–water partition coefficient (Wildman–Crippen LogP) is 1.18. The maximum absolute atomic E-state index is 12.3. The Hall–Kier alpha value is -0.880. The molecule has 0 saturated heterocycles. The van der Waals surface area contributed by atoms with E-state index >= 15 is 0 Å². The quantitative estimate of drug-likeness (QED) is 0.0451. The number of nitrogens with zero attached hydrogens (tertiary/aromatic N) is 1. The zero-order chi connectivity index (χ0) is 27.6. The van der Waals surface area contributed by atoms with Crippen LogP contribution < -0.4 is 15.5 Å². The standard InChI is InChI=1S/C20H33Cl2N3O9P2/c21-9-12-25(15-26,13-10-22)17-6-4-16(5-7-17)14-18(23)19(27)24-11-3-1-2-8-20(28,35(29,30)31)36(32,33)34/h4-7,15,18,28H,1-3,8-14,23H2,(H4-,24,27,29,30,31,32,33,34)/p+1/t18-/m0/s1. The highest BCUT2D eigenvalue weighted by Crippen LogP contribution is 2.69. The predicted molar refractivity (Wildman–Crippen MR) is 138 cm³/mol. The number of hydrogen-bond donors (Lipinski definition) is 7. The minimum atomic E-state index is -5.47. The van der Waals surface area contributed by atoms with Crippen molar-refractivity contribution in [1.29, 1.82) is 0 Å². The van der Waals surface area contributed by atoms with Gasteiger partial charge in [0.25, 0.3) is 5.08 Å². The number of benzene rings is 1. The van der Waals surface area contributed by atoms with Crippen LogP contribution >= 0.6 is 38.4 Å². The molecule has 0 aliphatic heterocycles. The van der Waals surface area contributed by atoms with Gasteiger partial charge >= 0.3 is 21.6 Å². The molecule has 0 bridgehead atoms. The lowest BCUT2D eigenvalue weighted by atomic mass is 10.0. The molecule has 0 aliphatic rings. The fourth-order valence-corrected chi connectivity index (χ4v) is 6.44. The average Bonchev–Trinajstić information content (AvgIpc) is 2.79. The van der Waals surface area contributed by atoms with E-state index in [2.05, 4.69) is 5.32 Å². The van der Waals surface area contributed by atoms with Crippen LogP contribution in [-0.2, 0) is 25.1 Å². The van der Waals surface area contributed by atoms with Crippen LogP contribution in [0.25, 0.3) is 0 Å². The van der Waals surface area contributed by atoms with Crippen LogP contribution in [0.2, 0.25) is 0 Å². The number of aliphatic hydroxyl groups is 1. The largest absolute Gasteiger partial charge is 0.369 e. The number of nitrogens with one attached hydrogen (secondary N) is 1. The lowest BCUT2D eigenvalue weighted by Crippen LogP contribution is -2.50. The highest BCUT2D eigenvalue weighted by Gasteiger charge is 2.58. The van der Waals surface area contributed by atoms with E-state index in [-0.39, 0.29) is 42.1 Å². The van der Waals surface area contributed by atoms with Gasteiger partial charge in [0.1, 0.15) is 18.8 Å². The molecule has 16 heteroatoms. The van der Waals surface area contributed by atoms with Gasteiger partial charge in [0.2, 0.25) is 5.91 Å². The van der Waals surface area contributed by atoms with Crippen LogP contribution in [0, 0.1) is 0 Å². The zero-order valence-electron chi connectivity index (χ0n) is 19.6. The van der Waals surface area contributed by atoms with Crippen molar-refractivity contribution >= 4 is 56.4 Å². The molecule has 1 aromatic carbocycles. The molecule has 0 heterocycles. The highest BCUT2D eigenvalue weighted by atomic mass is 35.5. The minimum absolute atomic E-state index is 0.0143. The molecule has 1 aromatic rings. The SMILES string of the molecule is N[C@@H](Cc1ccc([N+](C=O)(CCCl)CCCl)cc1)C(=O)NCCCCCC(O)(P(=O)(O)O)P(=O)(O)O. The Morgan fingerprint density at radius 1 is 1.03 bits per heavy atom. The lowest BCUT2D eigenvalue weighted by molar-refractivity contribution is -0.122. The summed E-state index contributed by atoms with van der Waals surface area (Å²) in [5.41, 5.74) is 7.47. The number of alkyl halides is 2. The van der Waals surface area contributed by atoms with Gasteiger partial charge in [-0.2, -0.15) is 0 Å². The summed E-state index contributed by atoms with van der Waals surface area (Å²) in [4.78, 5) is 60.5.